The Morgan fingerprint density at radius 2 is 2.04 bits per heavy atom. The van der Waals surface area contributed by atoms with Crippen LogP contribution in [0.3, 0.4) is 0 Å². The number of fused-ring (bicyclic) bond motifs is 1. The first-order chi connectivity index (χ1) is 12.3. The summed E-state index contributed by atoms with van der Waals surface area (Å²) in [5.74, 6) is 0.497. The molecule has 142 valence electrons. The molecule has 1 aromatic heterocycles. The zero-order chi connectivity index (χ0) is 19.2. The van der Waals surface area contributed by atoms with Crippen LogP contribution in [-0.4, -0.2) is 57.6 Å². The Morgan fingerprint density at radius 1 is 1.35 bits per heavy atom. The van der Waals surface area contributed by atoms with Gasteiger partial charge in [-0.25, -0.2) is 0 Å². The van der Waals surface area contributed by atoms with Crippen molar-refractivity contribution in [2.75, 3.05) is 11.9 Å². The van der Waals surface area contributed by atoms with Crippen LogP contribution in [0, 0.1) is 0 Å². The van der Waals surface area contributed by atoms with Crippen molar-refractivity contribution in [2.45, 2.75) is 44.3 Å². The Bertz CT molecular complexity index is 838. The van der Waals surface area contributed by atoms with Gasteiger partial charge in [-0.15, -0.1) is 0 Å². The number of aromatic amines is 1. The van der Waals surface area contributed by atoms with Crippen molar-refractivity contribution >= 4 is 46.2 Å². The second-order valence-corrected chi connectivity index (χ2v) is 7.38. The lowest BCUT2D eigenvalue weighted by atomic mass is 9.96. The number of halogens is 2. The number of aliphatic hydroxyl groups is 3. The summed E-state index contributed by atoms with van der Waals surface area (Å²) in [7, 11) is 0. The molecule has 26 heavy (non-hydrogen) atoms. The van der Waals surface area contributed by atoms with Gasteiger partial charge in [-0.1, -0.05) is 23.2 Å². The van der Waals surface area contributed by atoms with Gasteiger partial charge in [0.15, 0.2) is 6.29 Å². The van der Waals surface area contributed by atoms with Gasteiger partial charge in [-0.05, 0) is 19.9 Å². The molecule has 9 heteroatoms. The number of hydrogen-bond acceptors (Lipinski definition) is 6. The van der Waals surface area contributed by atoms with Crippen LogP contribution in [0.2, 0.25) is 10.0 Å². The van der Waals surface area contributed by atoms with Crippen LogP contribution in [0.15, 0.2) is 6.07 Å². The van der Waals surface area contributed by atoms with E-state index in [9.17, 15) is 20.1 Å². The smallest absolute Gasteiger partial charge is 0.154 e. The molecule has 1 fully saturated rings. The van der Waals surface area contributed by atoms with E-state index in [4.69, 9.17) is 27.9 Å². The number of anilines is 1. The largest absolute Gasteiger partial charge is 0.394 e. The number of hydrogen-bond donors (Lipinski definition) is 5. The molecule has 0 saturated carbocycles. The third-order valence-corrected chi connectivity index (χ3v) is 5.23. The third-order valence-electron chi connectivity index (χ3n) is 4.43. The molecule has 1 aliphatic rings. The van der Waals surface area contributed by atoms with Gasteiger partial charge in [0.2, 0.25) is 0 Å². The van der Waals surface area contributed by atoms with E-state index >= 15 is 0 Å². The minimum absolute atomic E-state index is 0.0602. The van der Waals surface area contributed by atoms with Gasteiger partial charge in [-0.2, -0.15) is 0 Å². The lowest BCUT2D eigenvalue weighted by Gasteiger charge is -2.19. The minimum atomic E-state index is -1.33. The van der Waals surface area contributed by atoms with Gasteiger partial charge in [0.05, 0.1) is 22.2 Å². The fourth-order valence-corrected chi connectivity index (χ4v) is 3.75. The molecule has 7 nitrogen and oxygen atoms in total. The zero-order valence-corrected chi connectivity index (χ0v) is 15.7. The van der Waals surface area contributed by atoms with Crippen molar-refractivity contribution in [1.82, 2.24) is 4.98 Å². The SMILES string of the molecule is CC(C)Nc1[nH]c2cc(Cl)c(Cl)c([C@@H]3O[C@H](CO)[C@@H](O)[C@H]3O)c2c1C=O. The van der Waals surface area contributed by atoms with Crippen LogP contribution in [0.25, 0.3) is 10.9 Å². The summed E-state index contributed by atoms with van der Waals surface area (Å²) >= 11 is 12.6. The Hall–Kier alpha value is -1.35. The number of H-pyrrole nitrogens is 1. The highest BCUT2D eigenvalue weighted by Gasteiger charge is 2.45. The summed E-state index contributed by atoms with van der Waals surface area (Å²) in [4.78, 5) is 14.9. The molecule has 1 aliphatic heterocycles. The number of carbonyl (C=O) groups excluding carboxylic acids is 1. The summed E-state index contributed by atoms with van der Waals surface area (Å²) in [6, 6.07) is 1.65. The average molecular weight is 403 g/mol. The minimum Gasteiger partial charge on any atom is -0.394 e. The van der Waals surface area contributed by atoms with Gasteiger partial charge in [0, 0.05) is 22.5 Å². The van der Waals surface area contributed by atoms with Crippen molar-refractivity contribution in [3.63, 3.8) is 0 Å². The average Bonchev–Trinajstić information content (AvgIpc) is 3.06. The quantitative estimate of drug-likeness (QED) is 0.490. The van der Waals surface area contributed by atoms with Crippen LogP contribution in [0.4, 0.5) is 5.82 Å². The summed E-state index contributed by atoms with van der Waals surface area (Å²) in [6.45, 7) is 3.38. The molecule has 1 saturated heterocycles. The van der Waals surface area contributed by atoms with E-state index in [0.29, 0.717) is 34.1 Å². The van der Waals surface area contributed by atoms with E-state index in [1.165, 1.54) is 0 Å². The highest BCUT2D eigenvalue weighted by atomic mass is 35.5. The predicted molar refractivity (Wildman–Crippen MR) is 99.2 cm³/mol. The van der Waals surface area contributed by atoms with Crippen molar-refractivity contribution in [3.8, 4) is 0 Å². The molecule has 0 spiro atoms. The van der Waals surface area contributed by atoms with Crippen LogP contribution in [0.1, 0.15) is 35.9 Å². The van der Waals surface area contributed by atoms with Gasteiger partial charge >= 0.3 is 0 Å². The molecular formula is C17H20Cl2N2O5. The van der Waals surface area contributed by atoms with E-state index in [0.717, 1.165) is 0 Å². The van der Waals surface area contributed by atoms with Gasteiger partial charge in [0.25, 0.3) is 0 Å². The highest BCUT2D eigenvalue weighted by molar-refractivity contribution is 6.43. The van der Waals surface area contributed by atoms with Crippen molar-refractivity contribution < 1.29 is 24.9 Å². The topological polar surface area (TPSA) is 115 Å². The molecule has 4 atom stereocenters. The number of nitrogens with one attached hydrogen (secondary N) is 2. The zero-order valence-electron chi connectivity index (χ0n) is 14.2. The molecular weight excluding hydrogens is 383 g/mol. The number of carbonyl (C=O) groups is 1. The van der Waals surface area contributed by atoms with Gasteiger partial charge in [0.1, 0.15) is 30.2 Å². The second-order valence-electron chi connectivity index (χ2n) is 6.60. The first-order valence-electron chi connectivity index (χ1n) is 8.17. The number of ether oxygens (including phenoxy) is 1. The molecule has 5 N–H and O–H groups in total. The number of benzene rings is 1. The predicted octanol–water partition coefficient (Wildman–Crippen LogP) is 2.26. The molecule has 0 bridgehead atoms. The Balaban J connectivity index is 2.25. The molecule has 0 aliphatic carbocycles. The number of aldehydes is 1. The molecule has 0 amide bonds. The second kappa shape index (κ2) is 7.34. The van der Waals surface area contributed by atoms with Crippen LogP contribution >= 0.6 is 23.2 Å². The van der Waals surface area contributed by atoms with Gasteiger partial charge in [-0.3, -0.25) is 4.79 Å². The third kappa shape index (κ3) is 3.09. The standard InChI is InChI=1S/C17H20Cl2N2O5/c1-6(2)20-17-7(4-22)11-9(21-17)3-8(18)13(19)12(11)16-15(25)14(24)10(5-23)26-16/h3-4,6,10,14-16,20-21,23-25H,5H2,1-2H3/t10-,14-,15-,16+/m1/s1. The maximum absolute atomic E-state index is 11.8. The van der Waals surface area contributed by atoms with Crippen molar-refractivity contribution in [2.24, 2.45) is 0 Å². The highest BCUT2D eigenvalue weighted by Crippen LogP contribution is 2.45. The summed E-state index contributed by atoms with van der Waals surface area (Å²) in [5.41, 5.74) is 1.16. The van der Waals surface area contributed by atoms with E-state index in [1.54, 1.807) is 6.07 Å². The first-order valence-corrected chi connectivity index (χ1v) is 8.93. The summed E-state index contributed by atoms with van der Waals surface area (Å²) < 4.78 is 5.61. The maximum Gasteiger partial charge on any atom is 0.154 e. The summed E-state index contributed by atoms with van der Waals surface area (Å²) in [6.07, 6.45) is -3.95. The Morgan fingerprint density at radius 3 is 2.58 bits per heavy atom. The molecule has 2 aromatic rings. The van der Waals surface area contributed by atoms with E-state index in [2.05, 4.69) is 10.3 Å². The fraction of sp³-hybridized carbons (Fsp3) is 0.471. The number of rotatable bonds is 5. The molecule has 2 heterocycles. The Labute approximate surface area is 159 Å². The lowest BCUT2D eigenvalue weighted by molar-refractivity contribution is -0.0223. The van der Waals surface area contributed by atoms with E-state index < -0.39 is 31.0 Å². The van der Waals surface area contributed by atoms with Crippen LogP contribution in [-0.2, 0) is 4.74 Å². The van der Waals surface area contributed by atoms with Crippen LogP contribution < -0.4 is 5.32 Å². The molecule has 1 aromatic carbocycles. The Kier molecular flexibility index (Phi) is 5.48. The normalized spacial score (nSPS) is 26.0. The van der Waals surface area contributed by atoms with Gasteiger partial charge < -0.3 is 30.4 Å². The first kappa shape index (κ1) is 19.4. The van der Waals surface area contributed by atoms with E-state index in [1.807, 2.05) is 13.8 Å². The molecule has 3 rings (SSSR count). The summed E-state index contributed by atoms with van der Waals surface area (Å²) in [5, 5.41) is 33.7. The fourth-order valence-electron chi connectivity index (χ4n) is 3.29. The van der Waals surface area contributed by atoms with E-state index in [-0.39, 0.29) is 16.1 Å². The van der Waals surface area contributed by atoms with Crippen LogP contribution in [0.5, 0.6) is 0 Å². The van der Waals surface area contributed by atoms with Crippen molar-refractivity contribution in [3.05, 3.63) is 27.2 Å². The molecule has 0 radical (unpaired) electrons. The number of aliphatic hydroxyl groups excluding tert-OH is 3. The molecule has 0 unspecified atom stereocenters. The lowest BCUT2D eigenvalue weighted by Crippen LogP contribution is -2.32. The monoisotopic (exact) mass is 402 g/mol. The maximum atomic E-state index is 11.8. The van der Waals surface area contributed by atoms with Crippen molar-refractivity contribution in [1.29, 1.82) is 0 Å². The number of aromatic nitrogens is 1.